The maximum Gasteiger partial charge on any atom is 0.0540 e. The third kappa shape index (κ3) is 1.35. The fourth-order valence-electron chi connectivity index (χ4n) is 3.36. The smallest absolute Gasteiger partial charge is 0.0540 e. The minimum absolute atomic E-state index is 0.0814. The Morgan fingerprint density at radius 3 is 2.56 bits per heavy atom. The van der Waals surface area contributed by atoms with Crippen molar-refractivity contribution in [1.29, 1.82) is 0 Å². The highest BCUT2D eigenvalue weighted by molar-refractivity contribution is 5.75. The van der Waals surface area contributed by atoms with E-state index in [0.29, 0.717) is 0 Å². The maximum atomic E-state index is 9.63. The summed E-state index contributed by atoms with van der Waals surface area (Å²) in [4.78, 5) is 0. The second kappa shape index (κ2) is 3.46. The van der Waals surface area contributed by atoms with E-state index in [1.807, 2.05) is 0 Å². The quantitative estimate of drug-likeness (QED) is 0.703. The lowest BCUT2D eigenvalue weighted by atomic mass is 9.69. The highest BCUT2D eigenvalue weighted by Gasteiger charge is 2.42. The largest absolute Gasteiger partial charge is 0.393 e. The van der Waals surface area contributed by atoms with Crippen LogP contribution in [0.1, 0.15) is 36.8 Å². The van der Waals surface area contributed by atoms with Crippen molar-refractivity contribution in [3.05, 3.63) is 42.0 Å². The van der Waals surface area contributed by atoms with Gasteiger partial charge in [-0.2, -0.15) is 0 Å². The van der Waals surface area contributed by atoms with Gasteiger partial charge >= 0.3 is 0 Å². The monoisotopic (exact) mass is 214 g/mol. The molecule has 0 atom stereocenters. The zero-order chi connectivity index (χ0) is 11.2. The highest BCUT2D eigenvalue weighted by atomic mass is 16.3. The Labute approximate surface area is 96.8 Å². The second-order valence-corrected chi connectivity index (χ2v) is 5.32. The van der Waals surface area contributed by atoms with Gasteiger partial charge in [0, 0.05) is 0 Å². The minimum Gasteiger partial charge on any atom is -0.393 e. The van der Waals surface area contributed by atoms with Crippen LogP contribution in [0.4, 0.5) is 0 Å². The number of hydrogen-bond acceptors (Lipinski definition) is 1. The van der Waals surface area contributed by atoms with Crippen LogP contribution in [0.3, 0.4) is 0 Å². The van der Waals surface area contributed by atoms with E-state index in [9.17, 15) is 5.11 Å². The van der Waals surface area contributed by atoms with E-state index in [1.54, 1.807) is 0 Å². The maximum absolute atomic E-state index is 9.63. The summed E-state index contributed by atoms with van der Waals surface area (Å²) < 4.78 is 0. The second-order valence-electron chi connectivity index (χ2n) is 5.32. The van der Waals surface area contributed by atoms with E-state index in [-0.39, 0.29) is 11.5 Å². The van der Waals surface area contributed by atoms with Crippen molar-refractivity contribution >= 4 is 5.57 Å². The van der Waals surface area contributed by atoms with Crippen LogP contribution in [0.25, 0.3) is 5.57 Å². The summed E-state index contributed by atoms with van der Waals surface area (Å²) in [7, 11) is 0. The number of benzene rings is 1. The summed E-state index contributed by atoms with van der Waals surface area (Å²) in [5, 5.41) is 9.63. The molecule has 0 heterocycles. The van der Waals surface area contributed by atoms with Gasteiger partial charge in [0.15, 0.2) is 0 Å². The van der Waals surface area contributed by atoms with Gasteiger partial charge in [0.25, 0.3) is 0 Å². The van der Waals surface area contributed by atoms with E-state index in [0.717, 1.165) is 32.1 Å². The van der Waals surface area contributed by atoms with Gasteiger partial charge in [-0.1, -0.05) is 30.8 Å². The summed E-state index contributed by atoms with van der Waals surface area (Å²) >= 11 is 0. The standard InChI is InChI=1S/C15H18O/c1-11-14-5-3-2-4-12(14)10-15(11)8-6-13(16)7-9-15/h2-5,13,16H,1,6-10H2. The van der Waals surface area contributed by atoms with Gasteiger partial charge in [-0.3, -0.25) is 0 Å². The van der Waals surface area contributed by atoms with Gasteiger partial charge in [-0.25, -0.2) is 0 Å². The lowest BCUT2D eigenvalue weighted by Gasteiger charge is -2.36. The van der Waals surface area contributed by atoms with Crippen LogP contribution in [0.15, 0.2) is 30.8 Å². The number of fused-ring (bicyclic) bond motifs is 1. The average Bonchev–Trinajstić information content (AvgIpc) is 2.58. The van der Waals surface area contributed by atoms with Crippen molar-refractivity contribution in [1.82, 2.24) is 0 Å². The molecule has 0 saturated heterocycles. The molecule has 16 heavy (non-hydrogen) atoms. The number of allylic oxidation sites excluding steroid dienone is 1. The van der Waals surface area contributed by atoms with Crippen molar-refractivity contribution < 1.29 is 5.11 Å². The normalized spacial score (nSPS) is 33.1. The third-order valence-corrected chi connectivity index (χ3v) is 4.42. The Bertz CT molecular complexity index is 425. The molecule has 3 rings (SSSR count). The van der Waals surface area contributed by atoms with Crippen LogP contribution in [0, 0.1) is 5.41 Å². The molecular weight excluding hydrogens is 196 g/mol. The molecule has 2 aliphatic rings. The van der Waals surface area contributed by atoms with E-state index in [4.69, 9.17) is 0 Å². The number of rotatable bonds is 0. The average molecular weight is 214 g/mol. The molecule has 0 bridgehead atoms. The topological polar surface area (TPSA) is 20.2 Å². The Hall–Kier alpha value is -1.08. The fraction of sp³-hybridized carbons (Fsp3) is 0.467. The Morgan fingerprint density at radius 2 is 1.88 bits per heavy atom. The number of aliphatic hydroxyl groups is 1. The Balaban J connectivity index is 1.94. The molecule has 1 N–H and O–H groups in total. The lowest BCUT2D eigenvalue weighted by Crippen LogP contribution is -2.29. The van der Waals surface area contributed by atoms with Crippen molar-refractivity contribution in [2.75, 3.05) is 0 Å². The molecule has 1 heteroatoms. The molecule has 0 unspecified atom stereocenters. The molecule has 1 aromatic carbocycles. The molecule has 0 aromatic heterocycles. The van der Waals surface area contributed by atoms with Crippen molar-refractivity contribution in [3.8, 4) is 0 Å². The SMILES string of the molecule is C=C1c2ccccc2CC12CCC(O)CC2. The van der Waals surface area contributed by atoms with Crippen LogP contribution in [-0.2, 0) is 6.42 Å². The summed E-state index contributed by atoms with van der Waals surface area (Å²) in [6.45, 7) is 4.32. The zero-order valence-corrected chi connectivity index (χ0v) is 9.58. The van der Waals surface area contributed by atoms with Crippen molar-refractivity contribution in [2.24, 2.45) is 5.41 Å². The summed E-state index contributed by atoms with van der Waals surface area (Å²) in [6, 6.07) is 8.63. The van der Waals surface area contributed by atoms with Crippen LogP contribution in [-0.4, -0.2) is 11.2 Å². The number of hydrogen-bond donors (Lipinski definition) is 1. The van der Waals surface area contributed by atoms with Crippen molar-refractivity contribution in [3.63, 3.8) is 0 Å². The zero-order valence-electron chi connectivity index (χ0n) is 9.58. The predicted molar refractivity (Wildman–Crippen MR) is 66.1 cm³/mol. The van der Waals surface area contributed by atoms with Crippen LogP contribution >= 0.6 is 0 Å². The van der Waals surface area contributed by atoms with Gasteiger partial charge in [0.05, 0.1) is 6.10 Å². The molecule has 0 amide bonds. The van der Waals surface area contributed by atoms with Crippen LogP contribution < -0.4 is 0 Å². The van der Waals surface area contributed by atoms with Crippen LogP contribution in [0.2, 0.25) is 0 Å². The molecule has 0 aliphatic heterocycles. The Morgan fingerprint density at radius 1 is 1.19 bits per heavy atom. The molecule has 1 aromatic rings. The first-order valence-corrected chi connectivity index (χ1v) is 6.17. The first-order valence-electron chi connectivity index (χ1n) is 6.17. The van der Waals surface area contributed by atoms with Gasteiger partial charge in [0.1, 0.15) is 0 Å². The molecule has 1 saturated carbocycles. The molecule has 0 radical (unpaired) electrons. The first-order chi connectivity index (χ1) is 7.71. The van der Waals surface area contributed by atoms with Crippen LogP contribution in [0.5, 0.6) is 0 Å². The molecular formula is C15H18O. The third-order valence-electron chi connectivity index (χ3n) is 4.42. The molecule has 84 valence electrons. The van der Waals surface area contributed by atoms with E-state index < -0.39 is 0 Å². The molecule has 1 fully saturated rings. The van der Waals surface area contributed by atoms with Gasteiger partial charge in [-0.15, -0.1) is 0 Å². The molecule has 1 nitrogen and oxygen atoms in total. The Kier molecular flexibility index (Phi) is 2.18. The highest BCUT2D eigenvalue weighted by Crippen LogP contribution is 2.53. The predicted octanol–water partition coefficient (Wildman–Crippen LogP) is 3.18. The molecule has 2 aliphatic carbocycles. The molecule has 1 spiro atoms. The number of aliphatic hydroxyl groups excluding tert-OH is 1. The van der Waals surface area contributed by atoms with Gasteiger partial charge in [-0.05, 0) is 54.2 Å². The summed E-state index contributed by atoms with van der Waals surface area (Å²) in [5.74, 6) is 0. The lowest BCUT2D eigenvalue weighted by molar-refractivity contribution is 0.0902. The summed E-state index contributed by atoms with van der Waals surface area (Å²) in [6.07, 6.45) is 5.13. The van der Waals surface area contributed by atoms with E-state index in [1.165, 1.54) is 16.7 Å². The van der Waals surface area contributed by atoms with E-state index >= 15 is 0 Å². The van der Waals surface area contributed by atoms with Crippen molar-refractivity contribution in [2.45, 2.75) is 38.2 Å². The van der Waals surface area contributed by atoms with Gasteiger partial charge < -0.3 is 5.11 Å². The van der Waals surface area contributed by atoms with Gasteiger partial charge in [0.2, 0.25) is 0 Å². The summed E-state index contributed by atoms with van der Waals surface area (Å²) in [5.41, 5.74) is 4.39. The fourth-order valence-corrected chi connectivity index (χ4v) is 3.36. The minimum atomic E-state index is -0.0814. The first kappa shape index (κ1) is 10.1. The van der Waals surface area contributed by atoms with E-state index in [2.05, 4.69) is 30.8 Å².